The van der Waals surface area contributed by atoms with E-state index in [1.54, 1.807) is 30.1 Å². The van der Waals surface area contributed by atoms with Crippen molar-refractivity contribution in [1.29, 1.82) is 0 Å². The second-order valence-corrected chi connectivity index (χ2v) is 11.7. The maximum Gasteiger partial charge on any atom is 0.229 e. The van der Waals surface area contributed by atoms with E-state index >= 15 is 0 Å². The first-order valence-corrected chi connectivity index (χ1v) is 14.3. The van der Waals surface area contributed by atoms with Gasteiger partial charge >= 0.3 is 0 Å². The number of pyridine rings is 1. The molecule has 0 radical (unpaired) electrons. The fraction of sp³-hybridized carbons (Fsp3) is 0.154. The van der Waals surface area contributed by atoms with E-state index in [4.69, 9.17) is 16.6 Å². The summed E-state index contributed by atoms with van der Waals surface area (Å²) in [6, 6.07) is 24.6. The summed E-state index contributed by atoms with van der Waals surface area (Å²) in [5.74, 6) is 0.742. The summed E-state index contributed by atoms with van der Waals surface area (Å²) in [7, 11) is -3.37. The zero-order valence-electron chi connectivity index (χ0n) is 19.6. The second-order valence-electron chi connectivity index (χ2n) is 8.49. The Hall–Kier alpha value is -3.34. The lowest BCUT2D eigenvalue weighted by Gasteiger charge is -2.26. The van der Waals surface area contributed by atoms with Crippen molar-refractivity contribution in [2.45, 2.75) is 29.0 Å². The van der Waals surface area contributed by atoms with Crippen molar-refractivity contribution in [2.24, 2.45) is 0 Å². The van der Waals surface area contributed by atoms with E-state index in [2.05, 4.69) is 46.2 Å². The number of nitrogens with zero attached hydrogens (tertiary/aromatic N) is 2. The number of rotatable bonds is 7. The lowest BCUT2D eigenvalue weighted by Crippen LogP contribution is -2.29. The van der Waals surface area contributed by atoms with Crippen molar-refractivity contribution >= 4 is 50.5 Å². The minimum atomic E-state index is -3.37. The van der Waals surface area contributed by atoms with Gasteiger partial charge in [0.15, 0.2) is 10.2 Å². The number of anilines is 2. The Labute approximate surface area is 220 Å². The van der Waals surface area contributed by atoms with Crippen LogP contribution in [0.4, 0.5) is 11.4 Å². The molecule has 0 aliphatic carbocycles. The van der Waals surface area contributed by atoms with E-state index in [-0.39, 0.29) is 12.1 Å². The SMILES string of the molecule is Cc1ccc(Sc2ccc(C3C(c4ccccn4)NC(=S)N3c3ccc(NS(C)(=O)=O)cc3)o2)cc1. The van der Waals surface area contributed by atoms with Gasteiger partial charge in [0.25, 0.3) is 0 Å². The highest BCUT2D eigenvalue weighted by molar-refractivity contribution is 7.99. The molecule has 2 unspecified atom stereocenters. The molecule has 2 atom stereocenters. The molecule has 0 amide bonds. The largest absolute Gasteiger partial charge is 0.452 e. The van der Waals surface area contributed by atoms with Gasteiger partial charge in [-0.15, -0.1) is 0 Å². The van der Waals surface area contributed by atoms with Crippen LogP contribution in [0.25, 0.3) is 0 Å². The van der Waals surface area contributed by atoms with E-state index < -0.39 is 10.0 Å². The summed E-state index contributed by atoms with van der Waals surface area (Å²) < 4.78 is 32.1. The molecule has 2 N–H and O–H groups in total. The molecular formula is C26H24N4O3S3. The Balaban J connectivity index is 1.49. The normalized spacial score (nSPS) is 17.7. The molecule has 7 nitrogen and oxygen atoms in total. The molecule has 36 heavy (non-hydrogen) atoms. The van der Waals surface area contributed by atoms with E-state index in [0.717, 1.165) is 33.4 Å². The van der Waals surface area contributed by atoms with Crippen molar-refractivity contribution in [1.82, 2.24) is 10.3 Å². The zero-order valence-corrected chi connectivity index (χ0v) is 22.0. The predicted octanol–water partition coefficient (Wildman–Crippen LogP) is 5.68. The average Bonchev–Trinajstić information content (AvgIpc) is 3.44. The van der Waals surface area contributed by atoms with E-state index in [0.29, 0.717) is 10.8 Å². The predicted molar refractivity (Wildman–Crippen MR) is 147 cm³/mol. The van der Waals surface area contributed by atoms with Crippen LogP contribution in [0.2, 0.25) is 0 Å². The van der Waals surface area contributed by atoms with Crippen LogP contribution < -0.4 is 14.9 Å². The van der Waals surface area contributed by atoms with Gasteiger partial charge < -0.3 is 14.6 Å². The third-order valence-electron chi connectivity index (χ3n) is 5.68. The molecule has 0 bridgehead atoms. The Kier molecular flexibility index (Phi) is 6.74. The maximum atomic E-state index is 11.6. The molecular weight excluding hydrogens is 513 g/mol. The van der Waals surface area contributed by atoms with Crippen LogP contribution in [0.1, 0.15) is 29.1 Å². The highest BCUT2D eigenvalue weighted by Gasteiger charge is 2.42. The minimum Gasteiger partial charge on any atom is -0.452 e. The molecule has 2 aromatic carbocycles. The Bertz CT molecular complexity index is 1470. The molecule has 184 valence electrons. The van der Waals surface area contributed by atoms with E-state index in [1.807, 2.05) is 47.4 Å². The lowest BCUT2D eigenvalue weighted by atomic mass is 10.0. The third-order valence-corrected chi connectivity index (χ3v) is 7.53. The van der Waals surface area contributed by atoms with Crippen LogP contribution in [0, 0.1) is 6.92 Å². The van der Waals surface area contributed by atoms with Crippen molar-refractivity contribution in [2.75, 3.05) is 15.9 Å². The van der Waals surface area contributed by atoms with Crippen LogP contribution in [-0.2, 0) is 10.0 Å². The lowest BCUT2D eigenvalue weighted by molar-refractivity contribution is 0.383. The molecule has 1 saturated heterocycles. The van der Waals surface area contributed by atoms with Gasteiger partial charge in [0.05, 0.1) is 18.0 Å². The van der Waals surface area contributed by atoms with Gasteiger partial charge in [-0.05, 0) is 79.8 Å². The van der Waals surface area contributed by atoms with Gasteiger partial charge in [-0.1, -0.05) is 35.5 Å². The maximum absolute atomic E-state index is 11.6. The van der Waals surface area contributed by atoms with Gasteiger partial charge in [0, 0.05) is 22.5 Å². The van der Waals surface area contributed by atoms with Crippen LogP contribution in [0.3, 0.4) is 0 Å². The first-order chi connectivity index (χ1) is 17.3. The fourth-order valence-electron chi connectivity index (χ4n) is 4.10. The van der Waals surface area contributed by atoms with Crippen molar-refractivity contribution in [3.05, 3.63) is 102 Å². The minimum absolute atomic E-state index is 0.240. The van der Waals surface area contributed by atoms with Crippen LogP contribution >= 0.6 is 24.0 Å². The van der Waals surface area contributed by atoms with Crippen molar-refractivity contribution in [3.63, 3.8) is 0 Å². The summed E-state index contributed by atoms with van der Waals surface area (Å²) in [4.78, 5) is 7.64. The molecule has 10 heteroatoms. The number of furan rings is 1. The van der Waals surface area contributed by atoms with Gasteiger partial charge in [-0.3, -0.25) is 9.71 Å². The molecule has 1 fully saturated rings. The summed E-state index contributed by atoms with van der Waals surface area (Å²) in [6.07, 6.45) is 2.88. The van der Waals surface area contributed by atoms with Gasteiger partial charge in [0.2, 0.25) is 10.0 Å². The highest BCUT2D eigenvalue weighted by atomic mass is 32.2. The number of aromatic nitrogens is 1. The number of hydrogen-bond acceptors (Lipinski definition) is 6. The van der Waals surface area contributed by atoms with Gasteiger partial charge in [0.1, 0.15) is 11.8 Å². The molecule has 0 spiro atoms. The molecule has 5 rings (SSSR count). The van der Waals surface area contributed by atoms with E-state index in [1.165, 1.54) is 5.56 Å². The van der Waals surface area contributed by atoms with Crippen molar-refractivity contribution < 1.29 is 12.8 Å². The van der Waals surface area contributed by atoms with Crippen LogP contribution in [-0.4, -0.2) is 24.8 Å². The topological polar surface area (TPSA) is 87.5 Å². The molecule has 1 aliphatic heterocycles. The van der Waals surface area contributed by atoms with Gasteiger partial charge in [-0.2, -0.15) is 0 Å². The first kappa shape index (κ1) is 24.4. The summed E-state index contributed by atoms with van der Waals surface area (Å²) in [5, 5.41) is 4.71. The van der Waals surface area contributed by atoms with E-state index in [9.17, 15) is 8.42 Å². The second kappa shape index (κ2) is 9.96. The quantitative estimate of drug-likeness (QED) is 0.292. The monoisotopic (exact) mass is 536 g/mol. The standard InChI is InChI=1S/C26H24N4O3S3/c1-17-6-12-20(13-7-17)35-23-15-14-22(33-23)25-24(21-5-3-4-16-27-21)28-26(34)30(25)19-10-8-18(9-11-19)29-36(2,31)32/h3-16,24-25,29H,1-2H3,(H,28,34). The summed E-state index contributed by atoms with van der Waals surface area (Å²) >= 11 is 7.31. The molecule has 0 saturated carbocycles. The third kappa shape index (κ3) is 5.40. The average molecular weight is 537 g/mol. The van der Waals surface area contributed by atoms with Gasteiger partial charge in [-0.25, -0.2) is 8.42 Å². The Morgan fingerprint density at radius 2 is 1.78 bits per heavy atom. The van der Waals surface area contributed by atoms with Crippen LogP contribution in [0.15, 0.2) is 99.5 Å². The smallest absolute Gasteiger partial charge is 0.229 e. The molecule has 3 heterocycles. The number of thiocarbonyl (C=S) groups is 1. The molecule has 4 aromatic rings. The number of nitrogens with one attached hydrogen (secondary N) is 2. The summed E-state index contributed by atoms with van der Waals surface area (Å²) in [5.41, 5.74) is 3.33. The Morgan fingerprint density at radius 3 is 2.44 bits per heavy atom. The highest BCUT2D eigenvalue weighted by Crippen LogP contribution is 2.43. The zero-order chi connectivity index (χ0) is 25.3. The first-order valence-electron chi connectivity index (χ1n) is 11.2. The number of sulfonamides is 1. The number of aryl methyl sites for hydroxylation is 1. The molecule has 2 aromatic heterocycles. The fourth-order valence-corrected chi connectivity index (χ4v) is 5.79. The van der Waals surface area contributed by atoms with Crippen LogP contribution in [0.5, 0.6) is 0 Å². The number of hydrogen-bond donors (Lipinski definition) is 2. The summed E-state index contributed by atoms with van der Waals surface area (Å²) in [6.45, 7) is 2.06. The Morgan fingerprint density at radius 1 is 1.03 bits per heavy atom. The number of benzene rings is 2. The van der Waals surface area contributed by atoms with Crippen molar-refractivity contribution in [3.8, 4) is 0 Å². The molecule has 1 aliphatic rings.